The van der Waals surface area contributed by atoms with Gasteiger partial charge in [0.05, 0.1) is 7.11 Å². The fraction of sp³-hybridized carbons (Fsp3) is 0.0556. The van der Waals surface area contributed by atoms with Gasteiger partial charge in [-0.05, 0) is 36.5 Å². The number of carbonyl (C=O) groups is 1. The number of thiocarbonyl (C=S) groups is 1. The summed E-state index contributed by atoms with van der Waals surface area (Å²) in [5.74, 6) is -0.229. The Labute approximate surface area is 155 Å². The van der Waals surface area contributed by atoms with E-state index in [-0.39, 0.29) is 17.5 Å². The number of hydrogen-bond donors (Lipinski definition) is 3. The van der Waals surface area contributed by atoms with Crippen LogP contribution in [-0.2, 0) is 4.74 Å². The van der Waals surface area contributed by atoms with E-state index in [0.717, 1.165) is 11.3 Å². The molecular formula is C18H16N4O3S. The predicted octanol–water partition coefficient (Wildman–Crippen LogP) is 3.44. The maximum absolute atomic E-state index is 12.0. The minimum absolute atomic E-state index is 0.0152. The first-order chi connectivity index (χ1) is 12.7. The Kier molecular flexibility index (Phi) is 5.45. The van der Waals surface area contributed by atoms with Gasteiger partial charge in [-0.15, -0.1) is 0 Å². The number of oxazole rings is 1. The number of esters is 1. The van der Waals surface area contributed by atoms with Crippen LogP contribution in [0.1, 0.15) is 10.5 Å². The summed E-state index contributed by atoms with van der Waals surface area (Å²) in [6.07, 6.45) is 0. The van der Waals surface area contributed by atoms with Gasteiger partial charge in [0.1, 0.15) is 0 Å². The molecule has 2 aromatic carbocycles. The van der Waals surface area contributed by atoms with Crippen molar-refractivity contribution in [3.8, 4) is 11.5 Å². The Balaban J connectivity index is 1.74. The van der Waals surface area contributed by atoms with E-state index in [0.29, 0.717) is 5.11 Å². The van der Waals surface area contributed by atoms with Gasteiger partial charge in [0.2, 0.25) is 17.5 Å². The normalized spacial score (nSPS) is 10.0. The molecule has 1 aromatic heterocycles. The van der Waals surface area contributed by atoms with Crippen LogP contribution in [-0.4, -0.2) is 23.2 Å². The molecule has 3 N–H and O–H groups in total. The quantitative estimate of drug-likeness (QED) is 0.359. The highest BCUT2D eigenvalue weighted by atomic mass is 32.1. The first kappa shape index (κ1) is 17.4. The van der Waals surface area contributed by atoms with Gasteiger partial charge in [0, 0.05) is 11.3 Å². The van der Waals surface area contributed by atoms with Crippen molar-refractivity contribution in [2.24, 2.45) is 0 Å². The van der Waals surface area contributed by atoms with E-state index in [1.807, 2.05) is 60.7 Å². The number of carbonyl (C=O) groups excluding carboxylic acids is 1. The van der Waals surface area contributed by atoms with E-state index in [1.165, 1.54) is 7.11 Å². The first-order valence-electron chi connectivity index (χ1n) is 7.70. The molecule has 3 aromatic rings. The summed E-state index contributed by atoms with van der Waals surface area (Å²) in [4.78, 5) is 16.2. The number of hydrogen-bond acceptors (Lipinski definition) is 6. The van der Waals surface area contributed by atoms with Crippen molar-refractivity contribution in [1.82, 2.24) is 10.4 Å². The lowest BCUT2D eigenvalue weighted by atomic mass is 10.2. The van der Waals surface area contributed by atoms with Crippen molar-refractivity contribution >= 4 is 34.9 Å². The molecule has 3 rings (SSSR count). The number of rotatable bonds is 5. The monoisotopic (exact) mass is 368 g/mol. The Morgan fingerprint density at radius 1 is 1.08 bits per heavy atom. The summed E-state index contributed by atoms with van der Waals surface area (Å²) in [6, 6.07) is 18.6. The number of nitrogens with zero attached hydrogens (tertiary/aromatic N) is 1. The Morgan fingerprint density at radius 3 is 2.38 bits per heavy atom. The zero-order chi connectivity index (χ0) is 18.4. The van der Waals surface area contributed by atoms with Crippen LogP contribution in [0.3, 0.4) is 0 Å². The largest absolute Gasteiger partial charge is 0.464 e. The average molecular weight is 368 g/mol. The zero-order valence-electron chi connectivity index (χ0n) is 13.9. The first-order valence-corrected chi connectivity index (χ1v) is 8.11. The maximum atomic E-state index is 12.0. The van der Waals surface area contributed by atoms with Crippen molar-refractivity contribution in [2.75, 3.05) is 17.9 Å². The minimum atomic E-state index is -0.623. The van der Waals surface area contributed by atoms with Gasteiger partial charge in [-0.1, -0.05) is 36.4 Å². The third-order valence-electron chi connectivity index (χ3n) is 3.35. The molecule has 8 heteroatoms. The molecule has 0 saturated heterocycles. The summed E-state index contributed by atoms with van der Waals surface area (Å²) in [5.41, 5.74) is 7.08. The third kappa shape index (κ3) is 4.17. The summed E-state index contributed by atoms with van der Waals surface area (Å²) < 4.78 is 10.4. The molecule has 0 aliphatic carbocycles. The second kappa shape index (κ2) is 8.13. The molecule has 132 valence electrons. The average Bonchev–Trinajstić information content (AvgIpc) is 3.11. The van der Waals surface area contributed by atoms with Crippen LogP contribution in [0, 0.1) is 0 Å². The van der Waals surface area contributed by atoms with E-state index in [2.05, 4.69) is 21.2 Å². The molecule has 0 amide bonds. The molecule has 0 unspecified atom stereocenters. The van der Waals surface area contributed by atoms with Gasteiger partial charge in [0.25, 0.3) is 0 Å². The molecule has 0 bridgehead atoms. The Hall–Kier alpha value is -3.39. The van der Waals surface area contributed by atoms with Crippen molar-refractivity contribution in [3.63, 3.8) is 0 Å². The molecule has 0 atom stereocenters. The molecule has 0 aliphatic heterocycles. The van der Waals surface area contributed by atoms with Crippen molar-refractivity contribution in [2.45, 2.75) is 0 Å². The maximum Gasteiger partial charge on any atom is 0.362 e. The fourth-order valence-corrected chi connectivity index (χ4v) is 2.31. The second-order valence-electron chi connectivity index (χ2n) is 5.12. The highest BCUT2D eigenvalue weighted by molar-refractivity contribution is 7.80. The van der Waals surface area contributed by atoms with Crippen molar-refractivity contribution in [1.29, 1.82) is 0 Å². The standard InChI is InChI=1S/C18H16N4O3S/c1-24-17(23)14-16(25-15(20-14)12-8-4-2-5-9-12)21-22-18(26)19-13-10-6-3-7-11-13/h2-11,21H,1H3,(H2,19,22,26). The van der Waals surface area contributed by atoms with Crippen LogP contribution in [0.2, 0.25) is 0 Å². The van der Waals surface area contributed by atoms with Gasteiger partial charge in [-0.2, -0.15) is 4.98 Å². The highest BCUT2D eigenvalue weighted by Crippen LogP contribution is 2.25. The van der Waals surface area contributed by atoms with Crippen LogP contribution in [0.4, 0.5) is 11.6 Å². The summed E-state index contributed by atoms with van der Waals surface area (Å²) in [6.45, 7) is 0. The molecule has 0 radical (unpaired) electrons. The molecule has 0 spiro atoms. The van der Waals surface area contributed by atoms with Gasteiger partial charge in [0.15, 0.2) is 5.11 Å². The van der Waals surface area contributed by atoms with Gasteiger partial charge in [-0.25, -0.2) is 4.79 Å². The van der Waals surface area contributed by atoms with Crippen molar-refractivity contribution in [3.05, 3.63) is 66.4 Å². The lowest BCUT2D eigenvalue weighted by molar-refractivity contribution is 0.0595. The van der Waals surface area contributed by atoms with Gasteiger partial charge < -0.3 is 14.5 Å². The van der Waals surface area contributed by atoms with Crippen LogP contribution in [0.25, 0.3) is 11.5 Å². The van der Waals surface area contributed by atoms with E-state index in [9.17, 15) is 4.79 Å². The summed E-state index contributed by atoms with van der Waals surface area (Å²) in [5, 5.41) is 3.29. The lowest BCUT2D eigenvalue weighted by Crippen LogP contribution is -2.33. The summed E-state index contributed by atoms with van der Waals surface area (Å²) >= 11 is 5.21. The number of methoxy groups -OCH3 is 1. The fourth-order valence-electron chi connectivity index (χ4n) is 2.14. The number of hydrazine groups is 1. The number of anilines is 2. The van der Waals surface area contributed by atoms with Crippen LogP contribution >= 0.6 is 12.2 Å². The van der Waals surface area contributed by atoms with Crippen molar-refractivity contribution < 1.29 is 13.9 Å². The topological polar surface area (TPSA) is 88.4 Å². The molecule has 26 heavy (non-hydrogen) atoms. The number of ether oxygens (including phenoxy) is 1. The van der Waals surface area contributed by atoms with E-state index >= 15 is 0 Å². The van der Waals surface area contributed by atoms with Gasteiger partial charge in [-0.3, -0.25) is 10.9 Å². The second-order valence-corrected chi connectivity index (χ2v) is 5.53. The van der Waals surface area contributed by atoms with Crippen LogP contribution < -0.4 is 16.2 Å². The number of benzene rings is 2. The third-order valence-corrected chi connectivity index (χ3v) is 3.55. The van der Waals surface area contributed by atoms with E-state index in [1.54, 1.807) is 0 Å². The predicted molar refractivity (Wildman–Crippen MR) is 103 cm³/mol. The smallest absolute Gasteiger partial charge is 0.362 e. The summed E-state index contributed by atoms with van der Waals surface area (Å²) in [7, 11) is 1.28. The Bertz CT molecular complexity index is 897. The minimum Gasteiger partial charge on any atom is -0.464 e. The van der Waals surface area contributed by atoms with Crippen LogP contribution in [0.15, 0.2) is 65.1 Å². The molecular weight excluding hydrogens is 352 g/mol. The van der Waals surface area contributed by atoms with Crippen LogP contribution in [0.5, 0.6) is 0 Å². The highest BCUT2D eigenvalue weighted by Gasteiger charge is 2.21. The van der Waals surface area contributed by atoms with E-state index in [4.69, 9.17) is 21.4 Å². The number of para-hydroxylation sites is 1. The molecule has 0 saturated carbocycles. The zero-order valence-corrected chi connectivity index (χ0v) is 14.7. The number of nitrogens with one attached hydrogen (secondary N) is 3. The molecule has 0 aliphatic rings. The molecule has 7 nitrogen and oxygen atoms in total. The van der Waals surface area contributed by atoms with E-state index < -0.39 is 5.97 Å². The SMILES string of the molecule is COC(=O)c1nc(-c2ccccc2)oc1NNC(=S)Nc1ccccc1. The lowest BCUT2D eigenvalue weighted by Gasteiger charge is -2.11. The van der Waals surface area contributed by atoms with Gasteiger partial charge >= 0.3 is 5.97 Å². The Morgan fingerprint density at radius 2 is 1.73 bits per heavy atom. The number of aromatic nitrogens is 1. The molecule has 0 fully saturated rings. The molecule has 1 heterocycles.